The highest BCUT2D eigenvalue weighted by molar-refractivity contribution is 5.41. The minimum Gasteiger partial charge on any atom is -0.491 e. The highest BCUT2D eigenvalue weighted by atomic mass is 16.5. The third-order valence-corrected chi connectivity index (χ3v) is 4.15. The quantitative estimate of drug-likeness (QED) is 0.819. The summed E-state index contributed by atoms with van der Waals surface area (Å²) in [5.74, 6) is 0.859. The molecule has 2 N–H and O–H groups in total. The van der Waals surface area contributed by atoms with Crippen LogP contribution in [0.25, 0.3) is 0 Å². The van der Waals surface area contributed by atoms with Crippen LogP contribution in [0.15, 0.2) is 42.5 Å². The first kappa shape index (κ1) is 17.5. The number of hydrogen-bond acceptors (Lipinski definition) is 3. The number of aliphatic hydroxyl groups excluding tert-OH is 1. The number of hydrogen-bond donors (Lipinski definition) is 2. The molecule has 0 amide bonds. The van der Waals surface area contributed by atoms with E-state index in [1.165, 1.54) is 16.7 Å². The van der Waals surface area contributed by atoms with E-state index in [-0.39, 0.29) is 12.6 Å². The summed E-state index contributed by atoms with van der Waals surface area (Å²) in [6.45, 7) is 9.06. The van der Waals surface area contributed by atoms with Crippen molar-refractivity contribution in [3.63, 3.8) is 0 Å². The zero-order valence-corrected chi connectivity index (χ0v) is 14.5. The van der Waals surface area contributed by atoms with Crippen LogP contribution in [-0.4, -0.2) is 24.4 Å². The second-order valence-corrected chi connectivity index (χ2v) is 6.21. The molecule has 0 saturated carbocycles. The second kappa shape index (κ2) is 8.14. The summed E-state index contributed by atoms with van der Waals surface area (Å²) >= 11 is 0. The van der Waals surface area contributed by atoms with E-state index in [4.69, 9.17) is 4.74 Å². The Balaban J connectivity index is 1.83. The molecule has 3 heteroatoms. The van der Waals surface area contributed by atoms with Crippen molar-refractivity contribution < 1.29 is 9.84 Å². The van der Waals surface area contributed by atoms with Gasteiger partial charge in [0.05, 0.1) is 0 Å². The van der Waals surface area contributed by atoms with Gasteiger partial charge in [-0.25, -0.2) is 0 Å². The zero-order chi connectivity index (χ0) is 16.8. The average molecular weight is 313 g/mol. The highest BCUT2D eigenvalue weighted by Crippen LogP contribution is 2.23. The van der Waals surface area contributed by atoms with Gasteiger partial charge in [-0.2, -0.15) is 0 Å². The summed E-state index contributed by atoms with van der Waals surface area (Å²) < 4.78 is 5.81. The molecular weight excluding hydrogens is 286 g/mol. The van der Waals surface area contributed by atoms with Crippen LogP contribution in [0.4, 0.5) is 0 Å². The molecule has 0 spiro atoms. The fourth-order valence-electron chi connectivity index (χ4n) is 2.57. The maximum atomic E-state index is 10.1. The topological polar surface area (TPSA) is 41.5 Å². The predicted molar refractivity (Wildman–Crippen MR) is 95.0 cm³/mol. The number of aryl methyl sites for hydroxylation is 2. The lowest BCUT2D eigenvalue weighted by molar-refractivity contribution is 0.104. The zero-order valence-electron chi connectivity index (χ0n) is 14.5. The Labute approximate surface area is 139 Å². The van der Waals surface area contributed by atoms with Crippen LogP contribution in [0.2, 0.25) is 0 Å². The molecule has 0 fully saturated rings. The van der Waals surface area contributed by atoms with Crippen molar-refractivity contribution in [3.05, 3.63) is 64.7 Å². The molecule has 0 aliphatic carbocycles. The lowest BCUT2D eigenvalue weighted by atomic mass is 10.1. The summed E-state index contributed by atoms with van der Waals surface area (Å²) in [4.78, 5) is 0. The summed E-state index contributed by atoms with van der Waals surface area (Å²) in [5.41, 5.74) is 4.73. The van der Waals surface area contributed by atoms with Gasteiger partial charge in [-0.1, -0.05) is 36.4 Å². The van der Waals surface area contributed by atoms with E-state index in [0.29, 0.717) is 6.54 Å². The average Bonchev–Trinajstić information content (AvgIpc) is 2.55. The molecule has 2 aromatic rings. The van der Waals surface area contributed by atoms with Crippen LogP contribution in [0, 0.1) is 20.8 Å². The first-order chi connectivity index (χ1) is 11.0. The summed E-state index contributed by atoms with van der Waals surface area (Å²) in [7, 11) is 0. The van der Waals surface area contributed by atoms with Crippen LogP contribution in [0.5, 0.6) is 5.75 Å². The normalized spacial score (nSPS) is 13.6. The van der Waals surface area contributed by atoms with Crippen molar-refractivity contribution in [2.75, 3.05) is 13.2 Å². The Hall–Kier alpha value is -1.84. The molecule has 124 valence electrons. The molecule has 3 nitrogen and oxygen atoms in total. The predicted octanol–water partition coefficient (Wildman–Crippen LogP) is 3.70. The third kappa shape index (κ3) is 5.08. The SMILES string of the molecule is Cc1cc(C)c(C)c(OCC(O)CNC(C)c2ccccc2)c1. The largest absolute Gasteiger partial charge is 0.491 e. The minimum atomic E-state index is -0.540. The first-order valence-corrected chi connectivity index (χ1v) is 8.14. The number of nitrogens with one attached hydrogen (secondary N) is 1. The van der Waals surface area contributed by atoms with Crippen molar-refractivity contribution in [3.8, 4) is 5.75 Å². The Morgan fingerprint density at radius 1 is 1.09 bits per heavy atom. The molecule has 2 unspecified atom stereocenters. The number of benzene rings is 2. The molecule has 2 rings (SSSR count). The Kier molecular flexibility index (Phi) is 6.20. The van der Waals surface area contributed by atoms with E-state index < -0.39 is 6.10 Å². The molecule has 0 aromatic heterocycles. The standard InChI is InChI=1S/C20H27NO2/c1-14-10-15(2)16(3)20(11-14)23-13-19(22)12-21-17(4)18-8-6-5-7-9-18/h5-11,17,19,21-22H,12-13H2,1-4H3. The lowest BCUT2D eigenvalue weighted by Gasteiger charge is -2.19. The van der Waals surface area contributed by atoms with E-state index in [1.54, 1.807) is 0 Å². The maximum absolute atomic E-state index is 10.1. The second-order valence-electron chi connectivity index (χ2n) is 6.21. The van der Waals surface area contributed by atoms with Gasteiger partial charge in [0, 0.05) is 12.6 Å². The number of aliphatic hydroxyl groups is 1. The molecule has 0 heterocycles. The van der Waals surface area contributed by atoms with E-state index in [9.17, 15) is 5.11 Å². The van der Waals surface area contributed by atoms with E-state index in [2.05, 4.69) is 44.3 Å². The van der Waals surface area contributed by atoms with Crippen molar-refractivity contribution >= 4 is 0 Å². The minimum absolute atomic E-state index is 0.203. The van der Waals surface area contributed by atoms with Crippen LogP contribution >= 0.6 is 0 Å². The van der Waals surface area contributed by atoms with Gasteiger partial charge in [0.15, 0.2) is 0 Å². The van der Waals surface area contributed by atoms with Gasteiger partial charge in [0.25, 0.3) is 0 Å². The Morgan fingerprint density at radius 2 is 1.78 bits per heavy atom. The molecular formula is C20H27NO2. The molecule has 0 saturated heterocycles. The Bertz CT molecular complexity index is 625. The monoisotopic (exact) mass is 313 g/mol. The number of rotatable bonds is 7. The summed E-state index contributed by atoms with van der Waals surface area (Å²) in [6, 6.07) is 14.6. The molecule has 2 atom stereocenters. The van der Waals surface area contributed by atoms with Gasteiger partial charge in [0.2, 0.25) is 0 Å². The van der Waals surface area contributed by atoms with Crippen LogP contribution < -0.4 is 10.1 Å². The fourth-order valence-corrected chi connectivity index (χ4v) is 2.57. The molecule has 0 bridgehead atoms. The van der Waals surface area contributed by atoms with Gasteiger partial charge in [-0.3, -0.25) is 0 Å². The summed E-state index contributed by atoms with van der Waals surface area (Å²) in [5, 5.41) is 13.5. The molecule has 0 aliphatic heterocycles. The van der Waals surface area contributed by atoms with E-state index >= 15 is 0 Å². The lowest BCUT2D eigenvalue weighted by Crippen LogP contribution is -2.33. The van der Waals surface area contributed by atoms with Crippen LogP contribution in [0.3, 0.4) is 0 Å². The number of ether oxygens (including phenoxy) is 1. The molecule has 23 heavy (non-hydrogen) atoms. The van der Waals surface area contributed by atoms with E-state index in [0.717, 1.165) is 11.3 Å². The van der Waals surface area contributed by atoms with Gasteiger partial charge < -0.3 is 15.2 Å². The van der Waals surface area contributed by atoms with Crippen molar-refractivity contribution in [2.24, 2.45) is 0 Å². The maximum Gasteiger partial charge on any atom is 0.122 e. The van der Waals surface area contributed by atoms with Gasteiger partial charge >= 0.3 is 0 Å². The summed E-state index contributed by atoms with van der Waals surface area (Å²) in [6.07, 6.45) is -0.540. The first-order valence-electron chi connectivity index (χ1n) is 8.14. The molecule has 0 radical (unpaired) electrons. The van der Waals surface area contributed by atoms with Gasteiger partial charge in [-0.15, -0.1) is 0 Å². The molecule has 0 aliphatic rings. The third-order valence-electron chi connectivity index (χ3n) is 4.15. The van der Waals surface area contributed by atoms with Gasteiger partial charge in [-0.05, 0) is 56.0 Å². The van der Waals surface area contributed by atoms with Crippen LogP contribution in [-0.2, 0) is 0 Å². The van der Waals surface area contributed by atoms with Crippen LogP contribution in [0.1, 0.15) is 35.2 Å². The van der Waals surface area contributed by atoms with Crippen molar-refractivity contribution in [1.82, 2.24) is 5.32 Å². The Morgan fingerprint density at radius 3 is 2.48 bits per heavy atom. The highest BCUT2D eigenvalue weighted by Gasteiger charge is 2.11. The van der Waals surface area contributed by atoms with E-state index in [1.807, 2.05) is 31.2 Å². The smallest absolute Gasteiger partial charge is 0.122 e. The molecule has 2 aromatic carbocycles. The fraction of sp³-hybridized carbons (Fsp3) is 0.400. The van der Waals surface area contributed by atoms with Gasteiger partial charge in [0.1, 0.15) is 18.5 Å². The van der Waals surface area contributed by atoms with Crippen molar-refractivity contribution in [1.29, 1.82) is 0 Å². The van der Waals surface area contributed by atoms with Crippen molar-refractivity contribution in [2.45, 2.75) is 39.8 Å².